The summed E-state index contributed by atoms with van der Waals surface area (Å²) in [7, 11) is 1.57. The fourth-order valence-electron chi connectivity index (χ4n) is 1.19. The van der Waals surface area contributed by atoms with Gasteiger partial charge in [-0.15, -0.1) is 0 Å². The number of rotatable bonds is 4. The van der Waals surface area contributed by atoms with Gasteiger partial charge in [-0.05, 0) is 28.9 Å². The maximum absolute atomic E-state index is 11.8. The van der Waals surface area contributed by atoms with Crippen molar-refractivity contribution < 1.29 is 14.0 Å². The smallest absolute Gasteiger partial charge is 0.258 e. The largest absolute Gasteiger partial charge is 0.457 e. The van der Waals surface area contributed by atoms with Crippen LogP contribution in [0.25, 0.3) is 0 Å². The average molecular weight is 289 g/mol. The van der Waals surface area contributed by atoms with Gasteiger partial charge in [0.2, 0.25) is 5.91 Å². The van der Waals surface area contributed by atoms with Crippen molar-refractivity contribution in [3.63, 3.8) is 0 Å². The zero-order valence-corrected chi connectivity index (χ0v) is 10.7. The zero-order chi connectivity index (χ0) is 12.1. The van der Waals surface area contributed by atoms with Crippen LogP contribution in [0.1, 0.15) is 17.3 Å². The van der Waals surface area contributed by atoms with Gasteiger partial charge in [0.25, 0.3) is 5.91 Å². The Bertz CT molecular complexity index is 389. The molecule has 0 saturated heterocycles. The van der Waals surface area contributed by atoms with Crippen molar-refractivity contribution in [3.05, 3.63) is 22.6 Å². The van der Waals surface area contributed by atoms with Crippen LogP contribution in [0.4, 0.5) is 0 Å². The summed E-state index contributed by atoms with van der Waals surface area (Å²) in [5, 5.41) is 2.62. The fraction of sp³-hybridized carbons (Fsp3) is 0.400. The van der Waals surface area contributed by atoms with Crippen LogP contribution >= 0.6 is 15.9 Å². The topological polar surface area (TPSA) is 62.6 Å². The highest BCUT2D eigenvalue weighted by Crippen LogP contribution is 2.18. The molecule has 6 heteroatoms. The molecule has 88 valence electrons. The van der Waals surface area contributed by atoms with Crippen LogP contribution in [0, 0.1) is 0 Å². The van der Waals surface area contributed by atoms with Crippen LogP contribution in [-0.4, -0.2) is 36.9 Å². The van der Waals surface area contributed by atoms with E-state index in [9.17, 15) is 9.59 Å². The summed E-state index contributed by atoms with van der Waals surface area (Å²) >= 11 is 3.12. The number of furan rings is 1. The molecule has 2 amide bonds. The molecule has 0 saturated carbocycles. The van der Waals surface area contributed by atoms with Crippen LogP contribution in [0.5, 0.6) is 0 Å². The first kappa shape index (κ1) is 12.8. The zero-order valence-electron chi connectivity index (χ0n) is 9.12. The van der Waals surface area contributed by atoms with E-state index in [4.69, 9.17) is 4.42 Å². The molecule has 0 aliphatic rings. The van der Waals surface area contributed by atoms with Crippen molar-refractivity contribution in [1.29, 1.82) is 0 Å². The molecule has 1 aromatic rings. The molecule has 0 aliphatic carbocycles. The summed E-state index contributed by atoms with van der Waals surface area (Å²) in [6.45, 7) is 2.41. The summed E-state index contributed by atoms with van der Waals surface area (Å²) in [4.78, 5) is 24.4. The van der Waals surface area contributed by atoms with Crippen molar-refractivity contribution in [2.24, 2.45) is 0 Å². The molecule has 0 atom stereocenters. The molecular weight excluding hydrogens is 276 g/mol. The Balaban J connectivity index is 2.61. The van der Waals surface area contributed by atoms with E-state index < -0.39 is 0 Å². The maximum atomic E-state index is 11.8. The van der Waals surface area contributed by atoms with E-state index in [0.717, 1.165) is 0 Å². The Labute approximate surface area is 102 Å². The number of hydrogen-bond acceptors (Lipinski definition) is 3. The molecule has 1 heterocycles. The minimum absolute atomic E-state index is 0.0320. The first-order valence-electron chi connectivity index (χ1n) is 4.81. The number of nitrogens with one attached hydrogen (secondary N) is 1. The van der Waals surface area contributed by atoms with Gasteiger partial charge >= 0.3 is 0 Å². The molecule has 1 aromatic heterocycles. The van der Waals surface area contributed by atoms with Gasteiger partial charge in [-0.25, -0.2) is 0 Å². The van der Waals surface area contributed by atoms with E-state index in [1.165, 1.54) is 11.2 Å². The molecule has 0 fully saturated rings. The summed E-state index contributed by atoms with van der Waals surface area (Å²) in [5.41, 5.74) is 0.409. The van der Waals surface area contributed by atoms with Crippen molar-refractivity contribution in [1.82, 2.24) is 10.2 Å². The lowest BCUT2D eigenvalue weighted by Gasteiger charge is -2.15. The van der Waals surface area contributed by atoms with Crippen molar-refractivity contribution in [2.45, 2.75) is 6.92 Å². The first-order chi connectivity index (χ1) is 7.56. The monoisotopic (exact) mass is 288 g/mol. The van der Waals surface area contributed by atoms with Crippen LogP contribution in [0.15, 0.2) is 21.4 Å². The third kappa shape index (κ3) is 3.10. The molecule has 1 N–H and O–H groups in total. The maximum Gasteiger partial charge on any atom is 0.258 e. The Morgan fingerprint density at radius 2 is 2.25 bits per heavy atom. The van der Waals surface area contributed by atoms with E-state index in [2.05, 4.69) is 21.2 Å². The molecule has 5 nitrogen and oxygen atoms in total. The summed E-state index contributed by atoms with van der Waals surface area (Å²) in [6.07, 6.45) is 1.41. The quantitative estimate of drug-likeness (QED) is 0.907. The number of carbonyl (C=O) groups excluding carboxylic acids is 2. The fourth-order valence-corrected chi connectivity index (χ4v) is 1.60. The van der Waals surface area contributed by atoms with E-state index in [0.29, 0.717) is 16.8 Å². The van der Waals surface area contributed by atoms with Crippen molar-refractivity contribution in [2.75, 3.05) is 20.1 Å². The highest BCUT2D eigenvalue weighted by molar-refractivity contribution is 9.10. The van der Waals surface area contributed by atoms with Crippen molar-refractivity contribution in [3.8, 4) is 0 Å². The van der Waals surface area contributed by atoms with Gasteiger partial charge in [0.1, 0.15) is 0 Å². The van der Waals surface area contributed by atoms with Crippen LogP contribution < -0.4 is 5.32 Å². The number of amides is 2. The van der Waals surface area contributed by atoms with Gasteiger partial charge in [-0.1, -0.05) is 0 Å². The van der Waals surface area contributed by atoms with E-state index in [-0.39, 0.29) is 18.4 Å². The number of likely N-dealkylation sites (N-methyl/N-ethyl adjacent to an activating group) is 2. The highest BCUT2D eigenvalue weighted by Gasteiger charge is 2.18. The minimum atomic E-state index is -0.258. The van der Waals surface area contributed by atoms with E-state index in [1.807, 2.05) is 6.92 Å². The molecule has 0 aliphatic heterocycles. The first-order valence-corrected chi connectivity index (χ1v) is 5.60. The van der Waals surface area contributed by atoms with Gasteiger partial charge in [-0.2, -0.15) is 0 Å². The SMILES string of the molecule is CCNC(=O)CN(C)C(=O)c1ccoc1Br. The second-order valence-electron chi connectivity index (χ2n) is 3.22. The number of halogens is 1. The molecule has 0 bridgehead atoms. The minimum Gasteiger partial charge on any atom is -0.457 e. The number of carbonyl (C=O) groups is 2. The Morgan fingerprint density at radius 1 is 1.56 bits per heavy atom. The van der Waals surface area contributed by atoms with Crippen LogP contribution in [0.3, 0.4) is 0 Å². The van der Waals surface area contributed by atoms with Crippen LogP contribution in [-0.2, 0) is 4.79 Å². The van der Waals surface area contributed by atoms with Crippen LogP contribution in [0.2, 0.25) is 0 Å². The second kappa shape index (κ2) is 5.69. The Kier molecular flexibility index (Phi) is 4.54. The molecule has 0 radical (unpaired) electrons. The average Bonchev–Trinajstić information content (AvgIpc) is 2.63. The molecule has 1 rings (SSSR count). The highest BCUT2D eigenvalue weighted by atomic mass is 79.9. The summed E-state index contributed by atoms with van der Waals surface area (Å²) in [6, 6.07) is 1.56. The predicted octanol–water partition coefficient (Wildman–Crippen LogP) is 1.25. The van der Waals surface area contributed by atoms with E-state index >= 15 is 0 Å². The van der Waals surface area contributed by atoms with Gasteiger partial charge in [0, 0.05) is 13.6 Å². The molecular formula is C10H13BrN2O3. The van der Waals surface area contributed by atoms with Gasteiger partial charge in [0.05, 0.1) is 18.4 Å². The number of nitrogens with zero attached hydrogens (tertiary/aromatic N) is 1. The molecule has 0 aromatic carbocycles. The van der Waals surface area contributed by atoms with Gasteiger partial charge < -0.3 is 14.6 Å². The van der Waals surface area contributed by atoms with Crippen molar-refractivity contribution >= 4 is 27.7 Å². The second-order valence-corrected chi connectivity index (χ2v) is 3.94. The molecule has 0 spiro atoms. The Hall–Kier alpha value is -1.30. The lowest BCUT2D eigenvalue weighted by Crippen LogP contribution is -2.38. The van der Waals surface area contributed by atoms with E-state index in [1.54, 1.807) is 13.1 Å². The Morgan fingerprint density at radius 3 is 2.75 bits per heavy atom. The third-order valence-corrected chi connectivity index (χ3v) is 2.56. The normalized spacial score (nSPS) is 9.94. The lowest BCUT2D eigenvalue weighted by molar-refractivity contribution is -0.121. The lowest BCUT2D eigenvalue weighted by atomic mass is 10.3. The summed E-state index contributed by atoms with van der Waals surface area (Å²) < 4.78 is 5.33. The standard InChI is InChI=1S/C10H13BrN2O3/c1-3-12-8(14)6-13(2)10(15)7-4-5-16-9(7)11/h4-5H,3,6H2,1-2H3,(H,12,14). The predicted molar refractivity (Wildman–Crippen MR) is 62.1 cm³/mol. The van der Waals surface area contributed by atoms with Gasteiger partial charge in [0.15, 0.2) is 4.67 Å². The molecule has 16 heavy (non-hydrogen) atoms. The summed E-state index contributed by atoms with van der Waals surface area (Å²) in [5.74, 6) is -0.440. The third-order valence-electron chi connectivity index (χ3n) is 1.95. The number of hydrogen-bond donors (Lipinski definition) is 1. The molecule has 0 unspecified atom stereocenters. The van der Waals surface area contributed by atoms with Gasteiger partial charge in [-0.3, -0.25) is 9.59 Å².